The minimum Gasteiger partial charge on any atom is -0.465 e. The molecular formula is C28H29N3O5S. The summed E-state index contributed by atoms with van der Waals surface area (Å²) >= 11 is 1.26. The Bertz CT molecular complexity index is 1470. The molecule has 0 fully saturated rings. The second-order valence-electron chi connectivity index (χ2n) is 8.43. The zero-order valence-electron chi connectivity index (χ0n) is 21.9. The van der Waals surface area contributed by atoms with E-state index in [9.17, 15) is 19.6 Å². The number of nitrogens with zero attached hydrogens (tertiary/aromatic N) is 2. The van der Waals surface area contributed by atoms with Crippen LogP contribution >= 0.6 is 11.3 Å². The Kier molecular flexibility index (Phi) is 8.35. The Balaban J connectivity index is 2.00. The Morgan fingerprint density at radius 3 is 2.43 bits per heavy atom. The number of esters is 2. The average molecular weight is 520 g/mol. The molecule has 3 aromatic rings. The fourth-order valence-corrected chi connectivity index (χ4v) is 5.18. The molecule has 1 aromatic carbocycles. The average Bonchev–Trinajstić information content (AvgIpc) is 3.30. The van der Waals surface area contributed by atoms with Crippen molar-refractivity contribution in [1.29, 1.82) is 5.26 Å². The van der Waals surface area contributed by atoms with Crippen LogP contribution in [0.1, 0.15) is 60.6 Å². The zero-order chi connectivity index (χ0) is 27.4. The standard InChI is InChI=1S/C28H29N3O5S/c1-8-36-28(34)24-16(3)19(6)37-26(24)30-25(32)21(14-29)13-20-12-15(2)31(18(20)5)23-11-9-10-22(17(23)4)27(33)35-7/h9-13H,8H2,1-7H3,(H,30,32). The number of aryl methyl sites for hydroxylation is 2. The Hall–Kier alpha value is -4.16. The van der Waals surface area contributed by atoms with Crippen molar-refractivity contribution in [1.82, 2.24) is 4.57 Å². The van der Waals surface area contributed by atoms with E-state index in [2.05, 4.69) is 5.32 Å². The van der Waals surface area contributed by atoms with Gasteiger partial charge in [0.1, 0.15) is 16.6 Å². The van der Waals surface area contributed by atoms with Gasteiger partial charge in [0, 0.05) is 22.0 Å². The van der Waals surface area contributed by atoms with E-state index in [4.69, 9.17) is 9.47 Å². The molecule has 0 spiro atoms. The minimum absolute atomic E-state index is 0.112. The molecule has 0 atom stereocenters. The molecule has 3 rings (SSSR count). The second-order valence-corrected chi connectivity index (χ2v) is 9.66. The lowest BCUT2D eigenvalue weighted by molar-refractivity contribution is -0.112. The largest absolute Gasteiger partial charge is 0.465 e. The summed E-state index contributed by atoms with van der Waals surface area (Å²) in [4.78, 5) is 38.6. The van der Waals surface area contributed by atoms with Gasteiger partial charge in [0.15, 0.2) is 0 Å². The number of methoxy groups -OCH3 is 1. The molecule has 0 aliphatic heterocycles. The maximum absolute atomic E-state index is 13.1. The number of rotatable bonds is 7. The predicted molar refractivity (Wildman–Crippen MR) is 143 cm³/mol. The molecule has 0 radical (unpaired) electrons. The third-order valence-electron chi connectivity index (χ3n) is 6.18. The number of nitriles is 1. The van der Waals surface area contributed by atoms with Gasteiger partial charge in [0.05, 0.1) is 24.8 Å². The molecule has 2 aromatic heterocycles. The highest BCUT2D eigenvalue weighted by Crippen LogP contribution is 2.33. The minimum atomic E-state index is -0.622. The number of hydrogen-bond donors (Lipinski definition) is 1. The molecule has 0 aliphatic rings. The molecule has 192 valence electrons. The van der Waals surface area contributed by atoms with Crippen LogP contribution in [0.2, 0.25) is 0 Å². The summed E-state index contributed by atoms with van der Waals surface area (Å²) in [6, 6.07) is 9.22. The summed E-state index contributed by atoms with van der Waals surface area (Å²) in [6.45, 7) is 11.2. The molecule has 0 saturated heterocycles. The van der Waals surface area contributed by atoms with Crippen LogP contribution in [-0.4, -0.2) is 36.1 Å². The lowest BCUT2D eigenvalue weighted by Crippen LogP contribution is -2.16. The Labute approximate surface area is 220 Å². The fourth-order valence-electron chi connectivity index (χ4n) is 4.14. The van der Waals surface area contributed by atoms with Crippen LogP contribution in [0.25, 0.3) is 11.8 Å². The number of benzene rings is 1. The maximum atomic E-state index is 13.1. The lowest BCUT2D eigenvalue weighted by atomic mass is 10.1. The number of aromatic nitrogens is 1. The topological polar surface area (TPSA) is 110 Å². The number of nitrogens with one attached hydrogen (secondary N) is 1. The number of hydrogen-bond acceptors (Lipinski definition) is 7. The van der Waals surface area contributed by atoms with Crippen LogP contribution in [0.3, 0.4) is 0 Å². The van der Waals surface area contributed by atoms with Crippen molar-refractivity contribution in [2.75, 3.05) is 19.0 Å². The van der Waals surface area contributed by atoms with Crippen LogP contribution in [0, 0.1) is 45.9 Å². The van der Waals surface area contributed by atoms with Crippen molar-refractivity contribution in [2.45, 2.75) is 41.5 Å². The van der Waals surface area contributed by atoms with Crippen molar-refractivity contribution in [3.05, 3.63) is 73.9 Å². The number of thiophene rings is 1. The number of amides is 1. The Morgan fingerprint density at radius 1 is 1.11 bits per heavy atom. The normalized spacial score (nSPS) is 11.1. The van der Waals surface area contributed by atoms with Crippen LogP contribution < -0.4 is 5.32 Å². The first-order valence-electron chi connectivity index (χ1n) is 11.6. The van der Waals surface area contributed by atoms with Crippen molar-refractivity contribution >= 4 is 40.3 Å². The highest BCUT2D eigenvalue weighted by atomic mass is 32.1. The van der Waals surface area contributed by atoms with E-state index in [1.54, 1.807) is 26.0 Å². The monoisotopic (exact) mass is 519 g/mol. The van der Waals surface area contributed by atoms with Gasteiger partial charge >= 0.3 is 11.9 Å². The number of carbonyl (C=O) groups excluding carboxylic acids is 3. The smallest absolute Gasteiger partial charge is 0.341 e. The summed E-state index contributed by atoms with van der Waals surface area (Å²) in [5.41, 5.74) is 5.25. The highest BCUT2D eigenvalue weighted by molar-refractivity contribution is 7.16. The van der Waals surface area contributed by atoms with Gasteiger partial charge in [-0.2, -0.15) is 5.26 Å². The zero-order valence-corrected chi connectivity index (χ0v) is 22.8. The quantitative estimate of drug-likeness (QED) is 0.248. The SMILES string of the molecule is CCOC(=O)c1c(NC(=O)C(C#N)=Cc2cc(C)n(-c3cccc(C(=O)OC)c3C)c2C)sc(C)c1C. The van der Waals surface area contributed by atoms with Crippen LogP contribution in [0.4, 0.5) is 5.00 Å². The van der Waals surface area contributed by atoms with Gasteiger partial charge in [-0.3, -0.25) is 4.79 Å². The molecule has 1 amide bonds. The molecule has 0 aliphatic carbocycles. The molecule has 9 heteroatoms. The van der Waals surface area contributed by atoms with Gasteiger partial charge in [-0.05, 0) is 82.5 Å². The summed E-state index contributed by atoms with van der Waals surface area (Å²) in [7, 11) is 1.34. The highest BCUT2D eigenvalue weighted by Gasteiger charge is 2.24. The van der Waals surface area contributed by atoms with Gasteiger partial charge < -0.3 is 19.4 Å². The first kappa shape index (κ1) is 27.4. The second kappa shape index (κ2) is 11.3. The molecule has 0 saturated carbocycles. The van der Waals surface area contributed by atoms with E-state index in [1.807, 2.05) is 50.5 Å². The summed E-state index contributed by atoms with van der Waals surface area (Å²) < 4.78 is 12.0. The van der Waals surface area contributed by atoms with E-state index >= 15 is 0 Å². The lowest BCUT2D eigenvalue weighted by Gasteiger charge is -2.15. The van der Waals surface area contributed by atoms with Crippen LogP contribution in [-0.2, 0) is 14.3 Å². The maximum Gasteiger partial charge on any atom is 0.341 e. The predicted octanol–water partition coefficient (Wildman–Crippen LogP) is 5.59. The molecule has 8 nitrogen and oxygen atoms in total. The van der Waals surface area contributed by atoms with Crippen molar-refractivity contribution < 1.29 is 23.9 Å². The van der Waals surface area contributed by atoms with Gasteiger partial charge in [0.25, 0.3) is 5.91 Å². The summed E-state index contributed by atoms with van der Waals surface area (Å²) in [5, 5.41) is 12.9. The van der Waals surface area contributed by atoms with Crippen LogP contribution in [0.15, 0.2) is 29.8 Å². The van der Waals surface area contributed by atoms with E-state index < -0.39 is 17.8 Å². The molecule has 1 N–H and O–H groups in total. The third-order valence-corrected chi connectivity index (χ3v) is 7.30. The number of anilines is 1. The van der Waals surface area contributed by atoms with E-state index in [0.717, 1.165) is 33.1 Å². The molecular weight excluding hydrogens is 490 g/mol. The molecule has 37 heavy (non-hydrogen) atoms. The molecule has 2 heterocycles. The van der Waals surface area contributed by atoms with Crippen molar-refractivity contribution in [3.63, 3.8) is 0 Å². The van der Waals surface area contributed by atoms with E-state index in [0.29, 0.717) is 21.7 Å². The van der Waals surface area contributed by atoms with Gasteiger partial charge in [-0.15, -0.1) is 11.3 Å². The summed E-state index contributed by atoms with van der Waals surface area (Å²) in [6.07, 6.45) is 1.52. The van der Waals surface area contributed by atoms with E-state index in [1.165, 1.54) is 24.5 Å². The summed E-state index contributed by atoms with van der Waals surface area (Å²) in [5.74, 6) is -1.56. The first-order chi connectivity index (χ1) is 17.5. The fraction of sp³-hybridized carbons (Fsp3) is 0.286. The van der Waals surface area contributed by atoms with E-state index in [-0.39, 0.29) is 12.2 Å². The van der Waals surface area contributed by atoms with Crippen molar-refractivity contribution in [3.8, 4) is 11.8 Å². The van der Waals surface area contributed by atoms with Gasteiger partial charge in [-0.25, -0.2) is 9.59 Å². The molecule has 0 unspecified atom stereocenters. The third kappa shape index (κ3) is 5.34. The first-order valence-corrected chi connectivity index (χ1v) is 12.4. The number of carbonyl (C=O) groups is 3. The number of ether oxygens (including phenoxy) is 2. The van der Waals surface area contributed by atoms with Crippen molar-refractivity contribution in [2.24, 2.45) is 0 Å². The van der Waals surface area contributed by atoms with Crippen LogP contribution in [0.5, 0.6) is 0 Å². The van der Waals surface area contributed by atoms with Gasteiger partial charge in [0.2, 0.25) is 0 Å². The van der Waals surface area contributed by atoms with Gasteiger partial charge in [-0.1, -0.05) is 6.07 Å². The Morgan fingerprint density at radius 2 is 1.81 bits per heavy atom. The molecule has 0 bridgehead atoms.